The molecule has 1 aliphatic rings. The van der Waals surface area contributed by atoms with E-state index >= 15 is 0 Å². The van der Waals surface area contributed by atoms with Crippen molar-refractivity contribution in [1.82, 2.24) is 25.3 Å². The van der Waals surface area contributed by atoms with Crippen molar-refractivity contribution in [3.63, 3.8) is 0 Å². The van der Waals surface area contributed by atoms with E-state index in [0.29, 0.717) is 24.0 Å². The minimum atomic E-state index is -0.224. The van der Waals surface area contributed by atoms with Crippen LogP contribution in [-0.2, 0) is 0 Å². The maximum atomic E-state index is 12.4. The number of anilines is 1. The van der Waals surface area contributed by atoms with E-state index in [1.54, 1.807) is 0 Å². The SMILES string of the molecule is Cc1ccc2nc(-c3nc(C(=O)NCC4CCCC4)cnc3N)[nH]c2c1. The first-order valence-corrected chi connectivity index (χ1v) is 8.97. The summed E-state index contributed by atoms with van der Waals surface area (Å²) in [4.78, 5) is 28.7. The fourth-order valence-electron chi connectivity index (χ4n) is 3.46. The Kier molecular flexibility index (Phi) is 4.28. The molecule has 4 rings (SSSR count). The number of nitrogens with zero attached hydrogens (tertiary/aromatic N) is 3. The lowest BCUT2D eigenvalue weighted by atomic mass is 10.1. The van der Waals surface area contributed by atoms with Crippen molar-refractivity contribution < 1.29 is 4.79 Å². The van der Waals surface area contributed by atoms with Gasteiger partial charge >= 0.3 is 0 Å². The van der Waals surface area contributed by atoms with E-state index in [2.05, 4.69) is 25.3 Å². The van der Waals surface area contributed by atoms with Gasteiger partial charge in [0.2, 0.25) is 0 Å². The summed E-state index contributed by atoms with van der Waals surface area (Å²) in [6.45, 7) is 2.70. The van der Waals surface area contributed by atoms with Gasteiger partial charge in [-0.15, -0.1) is 0 Å². The molecule has 0 spiro atoms. The predicted octanol–water partition coefficient (Wildman–Crippen LogP) is 2.83. The Morgan fingerprint density at radius 1 is 1.31 bits per heavy atom. The largest absolute Gasteiger partial charge is 0.382 e. The second-order valence-electron chi connectivity index (χ2n) is 6.96. The van der Waals surface area contributed by atoms with Gasteiger partial charge in [-0.05, 0) is 43.4 Å². The van der Waals surface area contributed by atoms with Crippen molar-refractivity contribution >= 4 is 22.8 Å². The summed E-state index contributed by atoms with van der Waals surface area (Å²) < 4.78 is 0. The fraction of sp³-hybridized carbons (Fsp3) is 0.368. The Morgan fingerprint density at radius 3 is 2.92 bits per heavy atom. The van der Waals surface area contributed by atoms with Crippen LogP contribution in [0.2, 0.25) is 0 Å². The monoisotopic (exact) mass is 350 g/mol. The van der Waals surface area contributed by atoms with E-state index < -0.39 is 0 Å². The number of fused-ring (bicyclic) bond motifs is 1. The van der Waals surface area contributed by atoms with Gasteiger partial charge in [0.05, 0.1) is 17.2 Å². The standard InChI is InChI=1S/C19H22N6O/c1-11-6-7-13-14(8-11)25-18(24-13)16-17(20)21-10-15(23-16)19(26)22-9-12-4-2-3-5-12/h6-8,10,12H,2-5,9H2,1H3,(H2,20,21)(H,22,26)(H,24,25). The Labute approximate surface area is 151 Å². The van der Waals surface area contributed by atoms with Gasteiger partial charge in [0.15, 0.2) is 11.6 Å². The minimum absolute atomic E-state index is 0.224. The topological polar surface area (TPSA) is 110 Å². The maximum Gasteiger partial charge on any atom is 0.271 e. The van der Waals surface area contributed by atoms with E-state index in [4.69, 9.17) is 5.73 Å². The first-order valence-electron chi connectivity index (χ1n) is 8.97. The van der Waals surface area contributed by atoms with Crippen LogP contribution in [0.15, 0.2) is 24.4 Å². The van der Waals surface area contributed by atoms with Gasteiger partial charge in [-0.3, -0.25) is 4.79 Å². The zero-order valence-corrected chi connectivity index (χ0v) is 14.7. The molecular formula is C19H22N6O. The van der Waals surface area contributed by atoms with E-state index in [1.807, 2.05) is 25.1 Å². The van der Waals surface area contributed by atoms with E-state index in [1.165, 1.54) is 31.9 Å². The molecule has 1 saturated carbocycles. The summed E-state index contributed by atoms with van der Waals surface area (Å²) in [7, 11) is 0. The number of amides is 1. The maximum absolute atomic E-state index is 12.4. The first-order chi connectivity index (χ1) is 12.6. The number of nitrogen functional groups attached to an aromatic ring is 1. The quantitative estimate of drug-likeness (QED) is 0.670. The Morgan fingerprint density at radius 2 is 2.12 bits per heavy atom. The number of imidazole rings is 1. The summed E-state index contributed by atoms with van der Waals surface area (Å²) >= 11 is 0. The van der Waals surface area contributed by atoms with Gasteiger partial charge in [0.1, 0.15) is 11.4 Å². The number of benzene rings is 1. The van der Waals surface area contributed by atoms with Crippen molar-refractivity contribution in [1.29, 1.82) is 0 Å². The summed E-state index contributed by atoms with van der Waals surface area (Å²) in [5, 5.41) is 2.96. The number of nitrogens with one attached hydrogen (secondary N) is 2. The summed E-state index contributed by atoms with van der Waals surface area (Å²) in [5.41, 5.74) is 9.48. The number of hydrogen-bond acceptors (Lipinski definition) is 5. The number of aromatic nitrogens is 4. The number of carbonyl (C=O) groups is 1. The molecule has 0 radical (unpaired) electrons. The minimum Gasteiger partial charge on any atom is -0.382 e. The summed E-state index contributed by atoms with van der Waals surface area (Å²) in [6.07, 6.45) is 6.26. The van der Waals surface area contributed by atoms with Crippen molar-refractivity contribution in [2.24, 2.45) is 5.92 Å². The number of aromatic amines is 1. The van der Waals surface area contributed by atoms with Gasteiger partial charge < -0.3 is 16.0 Å². The van der Waals surface area contributed by atoms with Crippen LogP contribution < -0.4 is 11.1 Å². The van der Waals surface area contributed by atoms with E-state index in [-0.39, 0.29) is 17.4 Å². The average Bonchev–Trinajstić information content (AvgIpc) is 3.29. The Balaban J connectivity index is 1.59. The smallest absolute Gasteiger partial charge is 0.271 e. The lowest BCUT2D eigenvalue weighted by Crippen LogP contribution is -2.29. The molecule has 1 aromatic carbocycles. The number of H-pyrrole nitrogens is 1. The van der Waals surface area contributed by atoms with Crippen molar-refractivity contribution in [3.05, 3.63) is 35.7 Å². The molecule has 2 heterocycles. The molecule has 0 bridgehead atoms. The third-order valence-electron chi connectivity index (χ3n) is 4.92. The summed E-state index contributed by atoms with van der Waals surface area (Å²) in [5.74, 6) is 1.10. The molecule has 0 atom stereocenters. The van der Waals surface area contributed by atoms with Gasteiger partial charge in [-0.2, -0.15) is 0 Å². The third-order valence-corrected chi connectivity index (χ3v) is 4.92. The van der Waals surface area contributed by atoms with Gasteiger partial charge in [0.25, 0.3) is 5.91 Å². The molecule has 7 heteroatoms. The molecule has 4 N–H and O–H groups in total. The third kappa shape index (κ3) is 3.24. The number of nitrogens with two attached hydrogens (primary N) is 1. The van der Waals surface area contributed by atoms with Crippen molar-refractivity contribution in [2.75, 3.05) is 12.3 Å². The van der Waals surface area contributed by atoms with Crippen LogP contribution in [0, 0.1) is 12.8 Å². The number of carbonyl (C=O) groups excluding carboxylic acids is 1. The van der Waals surface area contributed by atoms with Crippen LogP contribution in [0.3, 0.4) is 0 Å². The lowest BCUT2D eigenvalue weighted by molar-refractivity contribution is 0.0942. The first kappa shape index (κ1) is 16.5. The molecule has 1 amide bonds. The molecule has 134 valence electrons. The highest BCUT2D eigenvalue weighted by Crippen LogP contribution is 2.25. The fourth-order valence-corrected chi connectivity index (χ4v) is 3.46. The average molecular weight is 350 g/mol. The van der Waals surface area contributed by atoms with Gasteiger partial charge in [-0.25, -0.2) is 15.0 Å². The molecule has 2 aromatic heterocycles. The molecule has 1 fully saturated rings. The van der Waals surface area contributed by atoms with Gasteiger partial charge in [-0.1, -0.05) is 18.9 Å². The second kappa shape index (κ2) is 6.74. The number of aryl methyl sites for hydroxylation is 1. The zero-order valence-electron chi connectivity index (χ0n) is 14.7. The van der Waals surface area contributed by atoms with Gasteiger partial charge in [0, 0.05) is 6.54 Å². The normalized spacial score (nSPS) is 14.8. The van der Waals surface area contributed by atoms with Crippen LogP contribution in [0.25, 0.3) is 22.6 Å². The number of rotatable bonds is 4. The predicted molar refractivity (Wildman–Crippen MR) is 101 cm³/mol. The molecule has 26 heavy (non-hydrogen) atoms. The van der Waals surface area contributed by atoms with E-state index in [0.717, 1.165) is 16.6 Å². The van der Waals surface area contributed by atoms with Crippen molar-refractivity contribution in [3.8, 4) is 11.5 Å². The lowest BCUT2D eigenvalue weighted by Gasteiger charge is -2.10. The Bertz CT molecular complexity index is 958. The van der Waals surface area contributed by atoms with Crippen LogP contribution >= 0.6 is 0 Å². The molecule has 3 aromatic rings. The zero-order chi connectivity index (χ0) is 18.1. The molecule has 0 unspecified atom stereocenters. The molecule has 0 saturated heterocycles. The highest BCUT2D eigenvalue weighted by atomic mass is 16.1. The number of hydrogen-bond donors (Lipinski definition) is 3. The summed E-state index contributed by atoms with van der Waals surface area (Å²) in [6, 6.07) is 5.94. The molecule has 7 nitrogen and oxygen atoms in total. The van der Waals surface area contributed by atoms with Crippen LogP contribution in [0.4, 0.5) is 5.82 Å². The van der Waals surface area contributed by atoms with Crippen molar-refractivity contribution in [2.45, 2.75) is 32.6 Å². The molecule has 1 aliphatic carbocycles. The second-order valence-corrected chi connectivity index (χ2v) is 6.96. The molecule has 0 aliphatic heterocycles. The van der Waals surface area contributed by atoms with Crippen LogP contribution in [-0.4, -0.2) is 32.4 Å². The van der Waals surface area contributed by atoms with Crippen LogP contribution in [0.1, 0.15) is 41.7 Å². The Hall–Kier alpha value is -2.96. The van der Waals surface area contributed by atoms with E-state index in [9.17, 15) is 4.79 Å². The molecular weight excluding hydrogens is 328 g/mol. The highest BCUT2D eigenvalue weighted by molar-refractivity contribution is 5.93. The van der Waals surface area contributed by atoms with Crippen LogP contribution in [0.5, 0.6) is 0 Å². The highest BCUT2D eigenvalue weighted by Gasteiger charge is 2.19.